The van der Waals surface area contributed by atoms with Gasteiger partial charge in [0.15, 0.2) is 26.5 Å². The fraction of sp³-hybridized carbons (Fsp3) is 0.333. The molecule has 0 atom stereocenters. The molecule has 35 heavy (non-hydrogen) atoms. The summed E-state index contributed by atoms with van der Waals surface area (Å²) in [7, 11) is 4.93. The fourth-order valence-corrected chi connectivity index (χ4v) is 5.30. The number of ether oxygens (including phenoxy) is 3. The van der Waals surface area contributed by atoms with E-state index in [1.807, 2.05) is 19.0 Å². The Kier molecular flexibility index (Phi) is 8.36. The zero-order valence-corrected chi connectivity index (χ0v) is 22.2. The Morgan fingerprint density at radius 1 is 1.06 bits per heavy atom. The normalized spacial score (nSPS) is 11.9. The number of nitrogens with zero attached hydrogens (tertiary/aromatic N) is 3. The number of para-hydroxylation sites is 1. The summed E-state index contributed by atoms with van der Waals surface area (Å²) in [6, 6.07) is 8.48. The summed E-state index contributed by atoms with van der Waals surface area (Å²) in [6.07, 6.45) is 4.25. The van der Waals surface area contributed by atoms with Crippen LogP contribution in [0, 0.1) is 0 Å². The molecular formula is C24H29N3O6S2. The van der Waals surface area contributed by atoms with E-state index in [-0.39, 0.29) is 10.8 Å². The molecule has 3 aromatic rings. The van der Waals surface area contributed by atoms with Gasteiger partial charge in [-0.05, 0) is 50.0 Å². The summed E-state index contributed by atoms with van der Waals surface area (Å²) < 4.78 is 41.3. The molecule has 0 bridgehead atoms. The van der Waals surface area contributed by atoms with Gasteiger partial charge < -0.3 is 19.1 Å². The predicted octanol–water partition coefficient (Wildman–Crippen LogP) is 3.33. The Morgan fingerprint density at radius 3 is 2.26 bits per heavy atom. The Bertz CT molecular complexity index is 1320. The van der Waals surface area contributed by atoms with Gasteiger partial charge in [-0.2, -0.15) is 0 Å². The summed E-state index contributed by atoms with van der Waals surface area (Å²) in [4.78, 5) is 21.5. The lowest BCUT2D eigenvalue weighted by molar-refractivity contribution is -0.114. The minimum atomic E-state index is -3.47. The van der Waals surface area contributed by atoms with E-state index in [1.54, 1.807) is 35.2 Å². The maximum absolute atomic E-state index is 13.3. The molecule has 188 valence electrons. The van der Waals surface area contributed by atoms with Gasteiger partial charge in [0.1, 0.15) is 5.52 Å². The lowest BCUT2D eigenvalue weighted by Gasteiger charge is -2.20. The van der Waals surface area contributed by atoms with Crippen LogP contribution in [-0.2, 0) is 14.6 Å². The molecule has 0 fully saturated rings. The Hall–Kier alpha value is -3.15. The van der Waals surface area contributed by atoms with Crippen molar-refractivity contribution in [3.05, 3.63) is 42.0 Å². The van der Waals surface area contributed by atoms with Gasteiger partial charge in [-0.15, -0.1) is 0 Å². The third kappa shape index (κ3) is 6.11. The number of aromatic nitrogens is 1. The van der Waals surface area contributed by atoms with E-state index >= 15 is 0 Å². The van der Waals surface area contributed by atoms with Crippen LogP contribution in [0.25, 0.3) is 16.3 Å². The van der Waals surface area contributed by atoms with Crippen molar-refractivity contribution >= 4 is 48.5 Å². The average Bonchev–Trinajstić information content (AvgIpc) is 3.24. The first-order chi connectivity index (χ1) is 16.6. The molecule has 1 aromatic heterocycles. The molecule has 0 N–H and O–H groups in total. The van der Waals surface area contributed by atoms with Gasteiger partial charge in [0, 0.05) is 25.4 Å². The van der Waals surface area contributed by atoms with Crippen molar-refractivity contribution in [3.63, 3.8) is 0 Å². The second kappa shape index (κ2) is 11.1. The van der Waals surface area contributed by atoms with Gasteiger partial charge >= 0.3 is 0 Å². The van der Waals surface area contributed by atoms with Crippen LogP contribution in [0.2, 0.25) is 0 Å². The molecule has 1 heterocycles. The van der Waals surface area contributed by atoms with Crippen LogP contribution >= 0.6 is 11.3 Å². The van der Waals surface area contributed by atoms with Gasteiger partial charge in [-0.25, -0.2) is 13.4 Å². The van der Waals surface area contributed by atoms with E-state index < -0.39 is 9.84 Å². The van der Waals surface area contributed by atoms with Gasteiger partial charge in [-0.3, -0.25) is 9.69 Å². The Balaban J connectivity index is 2.00. The quantitative estimate of drug-likeness (QED) is 0.376. The Morgan fingerprint density at radius 2 is 1.71 bits per heavy atom. The number of likely N-dealkylation sites (N-methyl/N-ethyl adjacent to an activating group) is 1. The van der Waals surface area contributed by atoms with E-state index in [9.17, 15) is 13.2 Å². The minimum absolute atomic E-state index is 0.144. The highest BCUT2D eigenvalue weighted by molar-refractivity contribution is 7.91. The zero-order valence-electron chi connectivity index (χ0n) is 20.6. The summed E-state index contributed by atoms with van der Waals surface area (Å²) in [5, 5.41) is 0.428. The van der Waals surface area contributed by atoms with Gasteiger partial charge in [0.05, 0.1) is 30.9 Å². The van der Waals surface area contributed by atoms with E-state index in [0.29, 0.717) is 51.2 Å². The summed E-state index contributed by atoms with van der Waals surface area (Å²) in [6.45, 7) is 0.970. The van der Waals surface area contributed by atoms with Crippen LogP contribution < -0.4 is 19.1 Å². The second-order valence-corrected chi connectivity index (χ2v) is 10.9. The molecule has 1 amide bonds. The van der Waals surface area contributed by atoms with Crippen LogP contribution in [0.5, 0.6) is 17.2 Å². The molecule has 3 rings (SSSR count). The van der Waals surface area contributed by atoms with Crippen LogP contribution in [0.3, 0.4) is 0 Å². The number of thiazole rings is 1. The SMILES string of the molecule is COc1cc(C=CC(=O)N(CCN(C)C)c2nc3c(S(C)(=O)=O)cccc3s2)cc(OC)c1OC. The lowest BCUT2D eigenvalue weighted by Crippen LogP contribution is -2.35. The highest BCUT2D eigenvalue weighted by Crippen LogP contribution is 2.38. The number of hydrogen-bond acceptors (Lipinski definition) is 9. The van der Waals surface area contributed by atoms with E-state index in [2.05, 4.69) is 4.98 Å². The monoisotopic (exact) mass is 519 g/mol. The van der Waals surface area contributed by atoms with Crippen molar-refractivity contribution in [2.24, 2.45) is 0 Å². The first kappa shape index (κ1) is 26.5. The number of sulfone groups is 1. The number of fused-ring (bicyclic) bond motifs is 1. The third-order valence-electron chi connectivity index (χ3n) is 5.14. The van der Waals surface area contributed by atoms with E-state index in [4.69, 9.17) is 14.2 Å². The molecule has 0 aliphatic carbocycles. The summed E-state index contributed by atoms with van der Waals surface area (Å²) >= 11 is 1.27. The topological polar surface area (TPSA) is 98.3 Å². The first-order valence-electron chi connectivity index (χ1n) is 10.6. The molecule has 0 unspecified atom stereocenters. The maximum Gasteiger partial charge on any atom is 0.252 e. The number of carbonyl (C=O) groups excluding carboxylic acids is 1. The highest BCUT2D eigenvalue weighted by Gasteiger charge is 2.21. The van der Waals surface area contributed by atoms with E-state index in [1.165, 1.54) is 44.8 Å². The Labute approximate surface area is 209 Å². The molecule has 0 saturated carbocycles. The van der Waals surface area contributed by atoms with Crippen LogP contribution in [0.15, 0.2) is 41.3 Å². The number of carbonyl (C=O) groups is 1. The molecule has 0 aliphatic heterocycles. The zero-order chi connectivity index (χ0) is 25.8. The minimum Gasteiger partial charge on any atom is -0.493 e. The lowest BCUT2D eigenvalue weighted by atomic mass is 10.1. The summed E-state index contributed by atoms with van der Waals surface area (Å²) in [5.74, 6) is 1.12. The fourth-order valence-electron chi connectivity index (χ4n) is 3.38. The van der Waals surface area contributed by atoms with Crippen LogP contribution in [0.4, 0.5) is 5.13 Å². The largest absolute Gasteiger partial charge is 0.493 e. The standard InChI is InChI=1S/C24H29N3O6S2/c1-26(2)12-13-27(24-25-22-19(34-24)8-7-9-20(22)35(6,29)30)21(28)11-10-16-14-17(31-3)23(33-5)18(15-16)32-4/h7-11,14-15H,12-13H2,1-6H3. The molecule has 11 heteroatoms. The average molecular weight is 520 g/mol. The number of benzene rings is 2. The molecule has 0 aliphatic rings. The van der Waals surface area contributed by atoms with Gasteiger partial charge in [0.2, 0.25) is 5.75 Å². The maximum atomic E-state index is 13.3. The van der Waals surface area contributed by atoms with Gasteiger partial charge in [-0.1, -0.05) is 17.4 Å². The molecule has 0 saturated heterocycles. The number of rotatable bonds is 10. The van der Waals surface area contributed by atoms with Crippen LogP contribution in [0.1, 0.15) is 5.56 Å². The van der Waals surface area contributed by atoms with Crippen LogP contribution in [-0.4, -0.2) is 79.0 Å². The first-order valence-corrected chi connectivity index (χ1v) is 13.3. The van der Waals surface area contributed by atoms with Crippen molar-refractivity contribution in [1.29, 1.82) is 0 Å². The third-order valence-corrected chi connectivity index (χ3v) is 7.32. The molecule has 9 nitrogen and oxygen atoms in total. The smallest absolute Gasteiger partial charge is 0.252 e. The number of hydrogen-bond donors (Lipinski definition) is 0. The number of amides is 1. The number of anilines is 1. The van der Waals surface area contributed by atoms with Crippen molar-refractivity contribution in [2.45, 2.75) is 4.90 Å². The predicted molar refractivity (Wildman–Crippen MR) is 139 cm³/mol. The van der Waals surface area contributed by atoms with Crippen molar-refractivity contribution in [1.82, 2.24) is 9.88 Å². The molecule has 2 aromatic carbocycles. The van der Waals surface area contributed by atoms with E-state index in [0.717, 1.165) is 6.26 Å². The second-order valence-electron chi connectivity index (χ2n) is 7.96. The summed E-state index contributed by atoms with van der Waals surface area (Å²) in [5.41, 5.74) is 1.05. The van der Waals surface area contributed by atoms with Crippen molar-refractivity contribution < 1.29 is 27.4 Å². The number of methoxy groups -OCH3 is 3. The molecular weight excluding hydrogens is 490 g/mol. The molecule has 0 radical (unpaired) electrons. The van der Waals surface area contributed by atoms with Crippen molar-refractivity contribution in [3.8, 4) is 17.2 Å². The van der Waals surface area contributed by atoms with Crippen molar-refractivity contribution in [2.75, 3.05) is 59.7 Å². The molecule has 0 spiro atoms. The van der Waals surface area contributed by atoms with Gasteiger partial charge in [0.25, 0.3) is 5.91 Å². The highest BCUT2D eigenvalue weighted by atomic mass is 32.2.